The molecule has 0 bridgehead atoms. The molecule has 2 heterocycles. The Kier molecular flexibility index (Phi) is 3.96. The topological polar surface area (TPSA) is 85.6 Å². The highest BCUT2D eigenvalue weighted by molar-refractivity contribution is 7.22. The summed E-state index contributed by atoms with van der Waals surface area (Å²) in [6.45, 7) is 5.99. The van der Waals surface area contributed by atoms with Crippen LogP contribution in [0.15, 0.2) is 36.7 Å². The largest absolute Gasteiger partial charge is 0.298 e. The lowest BCUT2D eigenvalue weighted by Crippen LogP contribution is -2.12. The Labute approximate surface area is 153 Å². The molecule has 7 nitrogen and oxygen atoms in total. The van der Waals surface area contributed by atoms with Crippen molar-refractivity contribution in [3.05, 3.63) is 58.9 Å². The van der Waals surface area contributed by atoms with Crippen LogP contribution in [0.4, 0.5) is 5.13 Å². The normalized spacial score (nSPS) is 11.0. The first kappa shape index (κ1) is 16.3. The number of anilines is 1. The van der Waals surface area contributed by atoms with Crippen LogP contribution >= 0.6 is 11.3 Å². The molecule has 1 amide bonds. The molecular weight excluding hydrogens is 348 g/mol. The summed E-state index contributed by atoms with van der Waals surface area (Å²) >= 11 is 1.49. The van der Waals surface area contributed by atoms with E-state index in [0.29, 0.717) is 10.7 Å². The van der Waals surface area contributed by atoms with Crippen molar-refractivity contribution in [1.82, 2.24) is 25.2 Å². The Morgan fingerprint density at radius 3 is 2.58 bits per heavy atom. The Morgan fingerprint density at radius 1 is 1.08 bits per heavy atom. The van der Waals surface area contributed by atoms with Crippen LogP contribution in [0.2, 0.25) is 0 Å². The molecule has 0 saturated carbocycles. The lowest BCUT2D eigenvalue weighted by Gasteiger charge is -2.07. The number of carbonyl (C=O) groups excluding carboxylic acids is 1. The lowest BCUT2D eigenvalue weighted by molar-refractivity contribution is 0.102. The maximum Gasteiger partial charge on any atom is 0.257 e. The first-order valence-corrected chi connectivity index (χ1v) is 8.86. The van der Waals surface area contributed by atoms with Gasteiger partial charge in [0.15, 0.2) is 5.13 Å². The monoisotopic (exact) mass is 364 g/mol. The highest BCUT2D eigenvalue weighted by Crippen LogP contribution is 2.31. The molecular formula is C18H16N6OS. The fraction of sp³-hybridized carbons (Fsp3) is 0.167. The number of aryl methyl sites for hydroxylation is 3. The molecule has 8 heteroatoms. The van der Waals surface area contributed by atoms with Crippen molar-refractivity contribution in [2.75, 3.05) is 5.32 Å². The van der Waals surface area contributed by atoms with E-state index >= 15 is 0 Å². The van der Waals surface area contributed by atoms with E-state index in [4.69, 9.17) is 0 Å². The average Bonchev–Trinajstić information content (AvgIpc) is 3.28. The van der Waals surface area contributed by atoms with Crippen LogP contribution in [-0.2, 0) is 0 Å². The van der Waals surface area contributed by atoms with Gasteiger partial charge in [-0.2, -0.15) is 0 Å². The molecule has 26 heavy (non-hydrogen) atoms. The van der Waals surface area contributed by atoms with Crippen molar-refractivity contribution >= 4 is 32.6 Å². The summed E-state index contributed by atoms with van der Waals surface area (Å²) in [4.78, 5) is 17.2. The third-order valence-corrected chi connectivity index (χ3v) is 5.32. The highest BCUT2D eigenvalue weighted by Gasteiger charge is 2.14. The summed E-state index contributed by atoms with van der Waals surface area (Å²) < 4.78 is 2.67. The van der Waals surface area contributed by atoms with Gasteiger partial charge in [0.1, 0.15) is 6.33 Å². The van der Waals surface area contributed by atoms with E-state index in [2.05, 4.69) is 31.9 Å². The number of nitrogens with zero attached hydrogens (tertiary/aromatic N) is 5. The van der Waals surface area contributed by atoms with Crippen molar-refractivity contribution in [2.24, 2.45) is 0 Å². The number of aromatic nitrogens is 5. The molecule has 2 aromatic heterocycles. The number of amides is 1. The van der Waals surface area contributed by atoms with Crippen LogP contribution in [0, 0.1) is 20.8 Å². The van der Waals surface area contributed by atoms with Gasteiger partial charge in [-0.1, -0.05) is 23.5 Å². The van der Waals surface area contributed by atoms with Crippen LogP contribution in [-0.4, -0.2) is 31.1 Å². The summed E-state index contributed by atoms with van der Waals surface area (Å²) in [6, 6.07) is 9.51. The molecule has 1 N–H and O–H groups in total. The maximum absolute atomic E-state index is 12.6. The summed E-state index contributed by atoms with van der Waals surface area (Å²) in [7, 11) is 0. The summed E-state index contributed by atoms with van der Waals surface area (Å²) in [5.74, 6) is -0.189. The van der Waals surface area contributed by atoms with Gasteiger partial charge in [-0.25, -0.2) is 9.67 Å². The minimum atomic E-state index is -0.189. The van der Waals surface area contributed by atoms with Gasteiger partial charge >= 0.3 is 0 Å². The Hall–Kier alpha value is -3.13. The number of hydrogen-bond donors (Lipinski definition) is 1. The molecule has 0 aliphatic heterocycles. The second-order valence-electron chi connectivity index (χ2n) is 6.11. The molecule has 0 aliphatic rings. The molecule has 0 atom stereocenters. The zero-order valence-corrected chi connectivity index (χ0v) is 15.3. The van der Waals surface area contributed by atoms with E-state index in [9.17, 15) is 4.79 Å². The molecule has 0 fully saturated rings. The molecule has 0 radical (unpaired) electrons. The van der Waals surface area contributed by atoms with Crippen LogP contribution in [0.3, 0.4) is 0 Å². The van der Waals surface area contributed by atoms with Crippen LogP contribution in [0.25, 0.3) is 15.9 Å². The predicted molar refractivity (Wildman–Crippen MR) is 101 cm³/mol. The number of fused-ring (bicyclic) bond motifs is 1. The minimum absolute atomic E-state index is 0.189. The quantitative estimate of drug-likeness (QED) is 0.602. The van der Waals surface area contributed by atoms with Gasteiger partial charge in [-0.05, 0) is 66.1 Å². The van der Waals surface area contributed by atoms with E-state index in [1.165, 1.54) is 17.7 Å². The van der Waals surface area contributed by atoms with E-state index in [1.807, 2.05) is 39.0 Å². The van der Waals surface area contributed by atoms with E-state index < -0.39 is 0 Å². The molecule has 0 spiro atoms. The highest BCUT2D eigenvalue weighted by atomic mass is 32.1. The van der Waals surface area contributed by atoms with Gasteiger partial charge in [-0.15, -0.1) is 5.10 Å². The van der Waals surface area contributed by atoms with E-state index in [0.717, 1.165) is 32.6 Å². The number of benzene rings is 2. The molecule has 4 aromatic rings. The number of rotatable bonds is 3. The third-order valence-electron chi connectivity index (χ3n) is 4.22. The van der Waals surface area contributed by atoms with Gasteiger partial charge in [0, 0.05) is 5.56 Å². The number of hydrogen-bond acceptors (Lipinski definition) is 6. The van der Waals surface area contributed by atoms with Crippen molar-refractivity contribution in [1.29, 1.82) is 0 Å². The van der Waals surface area contributed by atoms with Crippen molar-refractivity contribution in [3.63, 3.8) is 0 Å². The number of nitrogens with one attached hydrogen (secondary N) is 1. The summed E-state index contributed by atoms with van der Waals surface area (Å²) in [6.07, 6.45) is 1.52. The van der Waals surface area contributed by atoms with E-state index in [-0.39, 0.29) is 5.91 Å². The predicted octanol–water partition coefficient (Wildman–Crippen LogP) is 3.45. The van der Waals surface area contributed by atoms with Gasteiger partial charge in [-0.3, -0.25) is 10.1 Å². The Morgan fingerprint density at radius 2 is 1.88 bits per heavy atom. The molecule has 0 aliphatic carbocycles. The van der Waals surface area contributed by atoms with Gasteiger partial charge in [0.05, 0.1) is 15.9 Å². The number of carbonyl (C=O) groups is 1. The first-order chi connectivity index (χ1) is 12.5. The second kappa shape index (κ2) is 6.30. The first-order valence-electron chi connectivity index (χ1n) is 8.05. The van der Waals surface area contributed by atoms with Crippen molar-refractivity contribution in [2.45, 2.75) is 20.8 Å². The van der Waals surface area contributed by atoms with Gasteiger partial charge < -0.3 is 0 Å². The SMILES string of the molecule is Cc1cc(C(=O)Nc2nc3c(C)ccc(C)c3s2)ccc1-n1cnnn1. The molecule has 4 rings (SSSR count). The zero-order chi connectivity index (χ0) is 18.3. The van der Waals surface area contributed by atoms with Crippen molar-refractivity contribution < 1.29 is 4.79 Å². The Balaban J connectivity index is 1.62. The van der Waals surface area contributed by atoms with Crippen LogP contribution in [0.1, 0.15) is 27.0 Å². The third kappa shape index (κ3) is 2.84. The van der Waals surface area contributed by atoms with Gasteiger partial charge in [0.2, 0.25) is 0 Å². The fourth-order valence-corrected chi connectivity index (χ4v) is 3.81. The van der Waals surface area contributed by atoms with Crippen molar-refractivity contribution in [3.8, 4) is 5.69 Å². The Bertz CT molecular complexity index is 1080. The zero-order valence-electron chi connectivity index (χ0n) is 14.5. The number of thiazole rings is 1. The summed E-state index contributed by atoms with van der Waals surface area (Å²) in [5, 5.41) is 14.7. The van der Waals surface area contributed by atoms with E-state index in [1.54, 1.807) is 10.7 Å². The fourth-order valence-electron chi connectivity index (χ4n) is 2.81. The molecule has 2 aromatic carbocycles. The maximum atomic E-state index is 12.6. The summed E-state index contributed by atoms with van der Waals surface area (Å²) in [5.41, 5.74) is 5.50. The van der Waals surface area contributed by atoms with Crippen LogP contribution in [0.5, 0.6) is 0 Å². The van der Waals surface area contributed by atoms with Gasteiger partial charge in [0.25, 0.3) is 5.91 Å². The smallest absolute Gasteiger partial charge is 0.257 e. The molecule has 0 saturated heterocycles. The number of tetrazole rings is 1. The average molecular weight is 364 g/mol. The van der Waals surface area contributed by atoms with Crippen LogP contribution < -0.4 is 5.32 Å². The second-order valence-corrected chi connectivity index (χ2v) is 7.10. The molecule has 130 valence electrons. The lowest BCUT2D eigenvalue weighted by atomic mass is 10.1. The minimum Gasteiger partial charge on any atom is -0.298 e. The molecule has 0 unspecified atom stereocenters. The standard InChI is InChI=1S/C18H16N6OS/c1-10-4-5-11(2)16-15(10)20-18(26-16)21-17(25)13-6-7-14(12(3)8-13)24-9-19-22-23-24/h4-9H,1-3H3,(H,20,21,25).